The molecule has 1 amide bonds. The number of carbonyl (C=O) groups excluding carboxylic acids is 1. The Balaban J connectivity index is 1.60. The Labute approximate surface area is 179 Å². The molecule has 0 N–H and O–H groups in total. The summed E-state index contributed by atoms with van der Waals surface area (Å²) in [6.45, 7) is 3.91. The molecule has 1 aliphatic heterocycles. The number of halogens is 1. The van der Waals surface area contributed by atoms with Crippen molar-refractivity contribution in [2.75, 3.05) is 18.8 Å². The molecule has 1 aromatic carbocycles. The van der Waals surface area contributed by atoms with Crippen molar-refractivity contribution in [1.82, 2.24) is 24.6 Å². The predicted octanol–water partition coefficient (Wildman–Crippen LogP) is 4.33. The summed E-state index contributed by atoms with van der Waals surface area (Å²) in [6, 6.07) is 11.3. The van der Waals surface area contributed by atoms with Crippen molar-refractivity contribution in [3.63, 3.8) is 0 Å². The van der Waals surface area contributed by atoms with E-state index in [0.29, 0.717) is 27.7 Å². The minimum absolute atomic E-state index is 0.146. The van der Waals surface area contributed by atoms with Crippen LogP contribution in [0.1, 0.15) is 19.8 Å². The minimum atomic E-state index is 0.146. The van der Waals surface area contributed by atoms with Crippen LogP contribution in [0.4, 0.5) is 0 Å². The second-order valence-corrected chi connectivity index (χ2v) is 8.59. The third-order valence-electron chi connectivity index (χ3n) is 5.10. The Morgan fingerprint density at radius 2 is 1.93 bits per heavy atom. The summed E-state index contributed by atoms with van der Waals surface area (Å²) in [6.07, 6.45) is 5.59. The molecule has 0 bridgehead atoms. The van der Waals surface area contributed by atoms with Crippen LogP contribution in [0.25, 0.3) is 17.1 Å². The van der Waals surface area contributed by atoms with Crippen LogP contribution in [0, 0.1) is 5.92 Å². The summed E-state index contributed by atoms with van der Waals surface area (Å²) < 4.78 is 1.94. The minimum Gasteiger partial charge on any atom is -0.342 e. The van der Waals surface area contributed by atoms with Crippen LogP contribution in [0.5, 0.6) is 0 Å². The highest BCUT2D eigenvalue weighted by Gasteiger charge is 2.22. The maximum Gasteiger partial charge on any atom is 0.233 e. The van der Waals surface area contributed by atoms with Crippen molar-refractivity contribution in [3.8, 4) is 17.1 Å². The van der Waals surface area contributed by atoms with Crippen LogP contribution in [-0.2, 0) is 4.79 Å². The number of rotatable bonds is 5. The fraction of sp³-hybridized carbons (Fsp3) is 0.333. The van der Waals surface area contributed by atoms with E-state index in [-0.39, 0.29) is 5.91 Å². The number of thioether (sulfide) groups is 1. The molecule has 1 saturated heterocycles. The third-order valence-corrected chi connectivity index (χ3v) is 6.25. The lowest BCUT2D eigenvalue weighted by molar-refractivity contribution is -0.129. The largest absolute Gasteiger partial charge is 0.342 e. The van der Waals surface area contributed by atoms with Crippen LogP contribution >= 0.6 is 23.4 Å². The number of benzene rings is 1. The fourth-order valence-corrected chi connectivity index (χ4v) is 4.41. The van der Waals surface area contributed by atoms with Gasteiger partial charge in [0.15, 0.2) is 11.0 Å². The average Bonchev–Trinajstić information content (AvgIpc) is 3.17. The van der Waals surface area contributed by atoms with Gasteiger partial charge in [0.2, 0.25) is 5.91 Å². The first-order valence-electron chi connectivity index (χ1n) is 9.64. The molecule has 2 aromatic heterocycles. The lowest BCUT2D eigenvalue weighted by Gasteiger charge is -2.30. The molecule has 1 aliphatic rings. The van der Waals surface area contributed by atoms with Crippen molar-refractivity contribution >= 4 is 29.3 Å². The van der Waals surface area contributed by atoms with Crippen LogP contribution in [0.3, 0.4) is 0 Å². The Morgan fingerprint density at radius 1 is 1.17 bits per heavy atom. The van der Waals surface area contributed by atoms with Crippen LogP contribution in [0.2, 0.25) is 5.02 Å². The van der Waals surface area contributed by atoms with Gasteiger partial charge in [-0.2, -0.15) is 0 Å². The molecule has 0 spiro atoms. The third kappa shape index (κ3) is 4.62. The molecule has 6 nitrogen and oxygen atoms in total. The summed E-state index contributed by atoms with van der Waals surface area (Å²) >= 11 is 7.63. The van der Waals surface area contributed by atoms with Gasteiger partial charge in [-0.05, 0) is 49.1 Å². The number of likely N-dealkylation sites (tertiary alicyclic amines) is 1. The van der Waals surface area contributed by atoms with Gasteiger partial charge in [-0.25, -0.2) is 0 Å². The first-order valence-corrected chi connectivity index (χ1v) is 11.0. The molecule has 150 valence electrons. The summed E-state index contributed by atoms with van der Waals surface area (Å²) in [4.78, 5) is 18.7. The monoisotopic (exact) mass is 427 g/mol. The predicted molar refractivity (Wildman–Crippen MR) is 115 cm³/mol. The second kappa shape index (κ2) is 8.97. The molecule has 0 unspecified atom stereocenters. The first kappa shape index (κ1) is 19.9. The standard InChI is InChI=1S/C21H22ClN5OS/c1-15-7-11-26(12-8-15)19(28)14-29-21-25-24-20(16-5-9-23-10-6-16)27(21)18-4-2-3-17(22)13-18/h2-6,9-10,13,15H,7-8,11-12,14H2,1H3. The van der Waals surface area contributed by atoms with Crippen molar-refractivity contribution < 1.29 is 4.79 Å². The van der Waals surface area contributed by atoms with Gasteiger partial charge in [-0.15, -0.1) is 10.2 Å². The first-order chi connectivity index (χ1) is 14.1. The number of piperidine rings is 1. The summed E-state index contributed by atoms with van der Waals surface area (Å²) in [5.41, 5.74) is 1.76. The number of carbonyl (C=O) groups is 1. The summed E-state index contributed by atoms with van der Waals surface area (Å²) in [7, 11) is 0. The zero-order valence-electron chi connectivity index (χ0n) is 16.2. The SMILES string of the molecule is CC1CCN(C(=O)CSc2nnc(-c3ccncc3)n2-c2cccc(Cl)c2)CC1. The lowest BCUT2D eigenvalue weighted by Crippen LogP contribution is -2.38. The van der Waals surface area contributed by atoms with Gasteiger partial charge in [0.1, 0.15) is 0 Å². The quantitative estimate of drug-likeness (QED) is 0.567. The van der Waals surface area contributed by atoms with Crippen molar-refractivity contribution in [2.45, 2.75) is 24.9 Å². The molecule has 0 aliphatic carbocycles. The number of nitrogens with zero attached hydrogens (tertiary/aromatic N) is 5. The van der Waals surface area contributed by atoms with Crippen molar-refractivity contribution in [2.24, 2.45) is 5.92 Å². The molecule has 1 fully saturated rings. The van der Waals surface area contributed by atoms with Gasteiger partial charge in [-0.1, -0.05) is 36.4 Å². The molecular formula is C21H22ClN5OS. The fourth-order valence-electron chi connectivity index (χ4n) is 3.37. The highest BCUT2D eigenvalue weighted by Crippen LogP contribution is 2.29. The van der Waals surface area contributed by atoms with Crippen molar-refractivity contribution in [3.05, 3.63) is 53.8 Å². The summed E-state index contributed by atoms with van der Waals surface area (Å²) in [5, 5.41) is 10.1. The Kier molecular flexibility index (Phi) is 6.16. The van der Waals surface area contributed by atoms with Crippen LogP contribution in [-0.4, -0.2) is 49.4 Å². The van der Waals surface area contributed by atoms with E-state index in [0.717, 1.165) is 37.2 Å². The summed E-state index contributed by atoms with van der Waals surface area (Å²) in [5.74, 6) is 1.87. The van der Waals surface area contributed by atoms with Gasteiger partial charge in [-0.3, -0.25) is 14.3 Å². The van der Waals surface area contributed by atoms with E-state index in [1.54, 1.807) is 12.4 Å². The van der Waals surface area contributed by atoms with E-state index in [1.165, 1.54) is 11.8 Å². The number of hydrogen-bond acceptors (Lipinski definition) is 5. The van der Waals surface area contributed by atoms with E-state index in [4.69, 9.17) is 11.6 Å². The Bertz CT molecular complexity index is 986. The van der Waals surface area contributed by atoms with Gasteiger partial charge in [0, 0.05) is 36.1 Å². The molecule has 0 atom stereocenters. The van der Waals surface area contributed by atoms with E-state index in [9.17, 15) is 4.79 Å². The second-order valence-electron chi connectivity index (χ2n) is 7.21. The number of amides is 1. The van der Waals surface area contributed by atoms with E-state index in [1.807, 2.05) is 45.9 Å². The topological polar surface area (TPSA) is 63.9 Å². The maximum atomic E-state index is 12.7. The lowest BCUT2D eigenvalue weighted by atomic mass is 9.99. The molecular weight excluding hydrogens is 406 g/mol. The number of pyridine rings is 1. The maximum absolute atomic E-state index is 12.7. The van der Waals surface area contributed by atoms with E-state index < -0.39 is 0 Å². The van der Waals surface area contributed by atoms with Crippen LogP contribution < -0.4 is 0 Å². The van der Waals surface area contributed by atoms with Crippen LogP contribution in [0.15, 0.2) is 53.9 Å². The number of aromatic nitrogens is 4. The Morgan fingerprint density at radius 3 is 2.66 bits per heavy atom. The van der Waals surface area contributed by atoms with E-state index >= 15 is 0 Å². The molecule has 4 rings (SSSR count). The Hall–Kier alpha value is -2.38. The number of hydrogen-bond donors (Lipinski definition) is 0. The van der Waals surface area contributed by atoms with E-state index in [2.05, 4.69) is 22.1 Å². The van der Waals surface area contributed by atoms with Gasteiger partial charge < -0.3 is 4.90 Å². The smallest absolute Gasteiger partial charge is 0.233 e. The van der Waals surface area contributed by atoms with Gasteiger partial charge in [0.25, 0.3) is 0 Å². The van der Waals surface area contributed by atoms with Gasteiger partial charge in [0.05, 0.1) is 11.4 Å². The highest BCUT2D eigenvalue weighted by molar-refractivity contribution is 7.99. The van der Waals surface area contributed by atoms with Crippen molar-refractivity contribution in [1.29, 1.82) is 0 Å². The molecule has 0 saturated carbocycles. The average molecular weight is 428 g/mol. The molecule has 8 heteroatoms. The molecule has 0 radical (unpaired) electrons. The molecule has 29 heavy (non-hydrogen) atoms. The normalized spacial score (nSPS) is 14.9. The zero-order valence-corrected chi connectivity index (χ0v) is 17.7. The molecule has 3 heterocycles. The highest BCUT2D eigenvalue weighted by atomic mass is 35.5. The van der Waals surface area contributed by atoms with Gasteiger partial charge >= 0.3 is 0 Å². The molecule has 3 aromatic rings. The zero-order chi connectivity index (χ0) is 20.2.